The van der Waals surface area contributed by atoms with E-state index in [-0.39, 0.29) is 0 Å². The van der Waals surface area contributed by atoms with Gasteiger partial charge in [0, 0.05) is 23.5 Å². The molecule has 0 amide bonds. The van der Waals surface area contributed by atoms with E-state index in [4.69, 9.17) is 9.97 Å². The zero-order valence-electron chi connectivity index (χ0n) is 24.3. The molecule has 0 fully saturated rings. The average molecular weight is 572 g/mol. The Balaban J connectivity index is 1.38. The summed E-state index contributed by atoms with van der Waals surface area (Å²) < 4.78 is 0. The molecule has 208 valence electrons. The van der Waals surface area contributed by atoms with Crippen LogP contribution in [0.4, 0.5) is 17.1 Å². The molecular weight excluding hydrogens is 546 g/mol. The highest BCUT2D eigenvalue weighted by atomic mass is 15.2. The number of nitrogens with zero attached hydrogens (tertiary/aromatic N) is 3. The van der Waals surface area contributed by atoms with Gasteiger partial charge in [-0.2, -0.15) is 0 Å². The first kappa shape index (κ1) is 23.6. The van der Waals surface area contributed by atoms with Crippen LogP contribution in [0.25, 0.3) is 22.3 Å². The van der Waals surface area contributed by atoms with Crippen LogP contribution in [0.3, 0.4) is 0 Å². The molecule has 3 heteroatoms. The topological polar surface area (TPSA) is 29.0 Å². The van der Waals surface area contributed by atoms with E-state index in [1.54, 1.807) is 0 Å². The van der Waals surface area contributed by atoms with Gasteiger partial charge in [0.15, 0.2) is 0 Å². The van der Waals surface area contributed by atoms with Crippen LogP contribution in [0.15, 0.2) is 152 Å². The third-order valence-corrected chi connectivity index (χ3v) is 10.7. The first-order valence-electron chi connectivity index (χ1n) is 15.6. The molecule has 2 aromatic heterocycles. The quantitative estimate of drug-likeness (QED) is 0.182. The number of rotatable bonds is 0. The van der Waals surface area contributed by atoms with Gasteiger partial charge in [-0.3, -0.25) is 9.97 Å². The van der Waals surface area contributed by atoms with E-state index in [0.717, 1.165) is 11.4 Å². The van der Waals surface area contributed by atoms with Crippen LogP contribution in [0, 0.1) is 0 Å². The molecule has 5 aromatic carbocycles. The first-order chi connectivity index (χ1) is 22.4. The van der Waals surface area contributed by atoms with Crippen LogP contribution < -0.4 is 4.90 Å². The van der Waals surface area contributed by atoms with E-state index >= 15 is 0 Å². The van der Waals surface area contributed by atoms with Gasteiger partial charge in [0.25, 0.3) is 0 Å². The van der Waals surface area contributed by atoms with Crippen molar-refractivity contribution in [1.82, 2.24) is 9.97 Å². The minimum atomic E-state index is -0.565. The summed E-state index contributed by atoms with van der Waals surface area (Å²) in [5.74, 6) is 0. The van der Waals surface area contributed by atoms with E-state index < -0.39 is 10.8 Å². The summed E-state index contributed by atoms with van der Waals surface area (Å²) in [6.07, 6.45) is 3.92. The van der Waals surface area contributed by atoms with Crippen LogP contribution in [0.2, 0.25) is 0 Å². The molecule has 2 spiro atoms. The van der Waals surface area contributed by atoms with Gasteiger partial charge in [0.1, 0.15) is 0 Å². The predicted molar refractivity (Wildman–Crippen MR) is 178 cm³/mol. The Morgan fingerprint density at radius 3 is 1.27 bits per heavy atom. The molecule has 0 saturated carbocycles. The molecule has 0 bridgehead atoms. The second-order valence-corrected chi connectivity index (χ2v) is 12.5. The molecular formula is C42H25N3. The Labute approximate surface area is 261 Å². The van der Waals surface area contributed by atoms with Crippen molar-refractivity contribution in [1.29, 1.82) is 0 Å². The summed E-state index contributed by atoms with van der Waals surface area (Å²) in [6.45, 7) is 0. The molecule has 11 rings (SSSR count). The third-order valence-electron chi connectivity index (χ3n) is 10.7. The Kier molecular flexibility index (Phi) is 4.21. The second kappa shape index (κ2) is 8.02. The highest BCUT2D eigenvalue weighted by Gasteiger charge is 2.59. The lowest BCUT2D eigenvalue weighted by atomic mass is 9.60. The van der Waals surface area contributed by atoms with E-state index in [1.165, 1.54) is 72.7 Å². The molecule has 0 radical (unpaired) electrons. The molecule has 4 aliphatic rings. The zero-order chi connectivity index (χ0) is 29.3. The van der Waals surface area contributed by atoms with Gasteiger partial charge in [0.05, 0.1) is 39.3 Å². The maximum Gasteiger partial charge on any atom is 0.0926 e. The number of aromatic nitrogens is 2. The largest absolute Gasteiger partial charge is 0.309 e. The summed E-state index contributed by atoms with van der Waals surface area (Å²) in [5.41, 5.74) is 17.2. The first-order valence-corrected chi connectivity index (χ1v) is 15.6. The maximum atomic E-state index is 5.22. The normalized spacial score (nSPS) is 20.1. The van der Waals surface area contributed by atoms with Gasteiger partial charge in [0.2, 0.25) is 0 Å². The fourth-order valence-corrected chi connectivity index (χ4v) is 9.30. The van der Waals surface area contributed by atoms with Crippen molar-refractivity contribution in [3.63, 3.8) is 0 Å². The Morgan fingerprint density at radius 1 is 0.356 bits per heavy atom. The van der Waals surface area contributed by atoms with E-state index in [9.17, 15) is 0 Å². The second-order valence-electron chi connectivity index (χ2n) is 12.5. The van der Waals surface area contributed by atoms with Crippen molar-refractivity contribution in [3.8, 4) is 22.3 Å². The molecule has 0 N–H and O–H groups in total. The predicted octanol–water partition coefficient (Wildman–Crippen LogP) is 9.30. The van der Waals surface area contributed by atoms with Gasteiger partial charge in [-0.25, -0.2) is 0 Å². The monoisotopic (exact) mass is 571 g/mol. The summed E-state index contributed by atoms with van der Waals surface area (Å²) in [6, 6.07) is 51.4. The summed E-state index contributed by atoms with van der Waals surface area (Å²) in [4.78, 5) is 13.0. The van der Waals surface area contributed by atoms with Gasteiger partial charge < -0.3 is 4.90 Å². The standard InChI is InChI=1S/C42H25N3/c1-3-16-30-26(12-1)28-14-10-24-43-39(28)41(30)32-18-5-7-22-36(32)45-37-23-8-6-19-33(37)42(35-21-9-20-34(41)38(35)45)31-17-4-2-13-27(31)29-15-11-25-44-40(29)42/h1-25H. The van der Waals surface area contributed by atoms with Crippen LogP contribution in [-0.4, -0.2) is 9.97 Å². The lowest BCUT2D eigenvalue weighted by molar-refractivity contribution is 0.685. The molecule has 3 nitrogen and oxygen atoms in total. The molecule has 7 aromatic rings. The van der Waals surface area contributed by atoms with Gasteiger partial charge >= 0.3 is 0 Å². The summed E-state index contributed by atoms with van der Waals surface area (Å²) in [7, 11) is 0. The molecule has 0 saturated heterocycles. The molecule has 2 atom stereocenters. The fourth-order valence-electron chi connectivity index (χ4n) is 9.30. The molecule has 4 heterocycles. The van der Waals surface area contributed by atoms with Crippen molar-refractivity contribution in [3.05, 3.63) is 197 Å². The molecule has 45 heavy (non-hydrogen) atoms. The van der Waals surface area contributed by atoms with Crippen molar-refractivity contribution >= 4 is 17.1 Å². The van der Waals surface area contributed by atoms with Crippen molar-refractivity contribution < 1.29 is 0 Å². The van der Waals surface area contributed by atoms with E-state index in [2.05, 4.69) is 144 Å². The molecule has 2 unspecified atom stereocenters. The number of benzene rings is 5. The lowest BCUT2D eigenvalue weighted by Crippen LogP contribution is -2.43. The third kappa shape index (κ3) is 2.48. The Bertz CT molecular complexity index is 2170. The Morgan fingerprint density at radius 2 is 0.756 bits per heavy atom. The van der Waals surface area contributed by atoms with Crippen molar-refractivity contribution in [2.24, 2.45) is 0 Å². The van der Waals surface area contributed by atoms with Crippen LogP contribution in [0.5, 0.6) is 0 Å². The minimum absolute atomic E-state index is 0.565. The smallest absolute Gasteiger partial charge is 0.0926 e. The van der Waals surface area contributed by atoms with Crippen molar-refractivity contribution in [2.75, 3.05) is 4.90 Å². The molecule has 2 aliphatic heterocycles. The average Bonchev–Trinajstić information content (AvgIpc) is 3.57. The number of pyridine rings is 2. The summed E-state index contributed by atoms with van der Waals surface area (Å²) >= 11 is 0. The minimum Gasteiger partial charge on any atom is -0.309 e. The SMILES string of the molecule is c1ccc2c(c1)-c1cccnc1C21c2ccccc2N2c3ccccc3C3(c4ccccc4-c4cccnc43)c3cccc1c32. The number of hydrogen-bond acceptors (Lipinski definition) is 3. The van der Waals surface area contributed by atoms with Crippen LogP contribution in [-0.2, 0) is 10.8 Å². The number of fused-ring (bicyclic) bond motifs is 18. The fraction of sp³-hybridized carbons (Fsp3) is 0.0476. The molecule has 2 aliphatic carbocycles. The maximum absolute atomic E-state index is 5.22. The van der Waals surface area contributed by atoms with Gasteiger partial charge in [-0.15, -0.1) is 0 Å². The highest BCUT2D eigenvalue weighted by Crippen LogP contribution is 2.69. The summed E-state index contributed by atoms with van der Waals surface area (Å²) in [5, 5.41) is 0. The number of para-hydroxylation sites is 3. The van der Waals surface area contributed by atoms with Gasteiger partial charge in [-0.05, 0) is 68.8 Å². The van der Waals surface area contributed by atoms with Crippen LogP contribution >= 0.6 is 0 Å². The zero-order valence-corrected chi connectivity index (χ0v) is 24.3. The highest BCUT2D eigenvalue weighted by molar-refractivity contribution is 6.01. The number of anilines is 3. The van der Waals surface area contributed by atoms with Gasteiger partial charge in [-0.1, -0.05) is 115 Å². The lowest BCUT2D eigenvalue weighted by Gasteiger charge is -2.51. The number of hydrogen-bond donors (Lipinski definition) is 0. The Hall–Kier alpha value is -5.80. The van der Waals surface area contributed by atoms with E-state index in [1.807, 2.05) is 12.4 Å². The van der Waals surface area contributed by atoms with Crippen molar-refractivity contribution in [2.45, 2.75) is 10.8 Å². The van der Waals surface area contributed by atoms with Crippen LogP contribution in [0.1, 0.15) is 44.8 Å². The van der Waals surface area contributed by atoms with E-state index in [0.29, 0.717) is 0 Å².